The van der Waals surface area contributed by atoms with Gasteiger partial charge in [0, 0.05) is 19.9 Å². The fourth-order valence-corrected chi connectivity index (χ4v) is 0.683. The number of carbonyl (C=O) groups is 1. The molecular formula is C6H9N4O. The van der Waals surface area contributed by atoms with Gasteiger partial charge in [0.15, 0.2) is 0 Å². The van der Waals surface area contributed by atoms with Crippen molar-refractivity contribution in [3.8, 4) is 0 Å². The van der Waals surface area contributed by atoms with Crippen LogP contribution in [0.4, 0.5) is 0 Å². The summed E-state index contributed by atoms with van der Waals surface area (Å²) in [5, 5.41) is 9.90. The van der Waals surface area contributed by atoms with Gasteiger partial charge in [-0.15, -0.1) is 10.2 Å². The van der Waals surface area contributed by atoms with Crippen molar-refractivity contribution in [2.24, 2.45) is 10.2 Å². The van der Waals surface area contributed by atoms with E-state index < -0.39 is 0 Å². The molecule has 0 bridgehead atoms. The van der Waals surface area contributed by atoms with Crippen LogP contribution in [0.1, 0.15) is 13.3 Å². The second-order valence-electron chi connectivity index (χ2n) is 2.16. The first-order valence-corrected chi connectivity index (χ1v) is 3.33. The number of carbonyl (C=O) groups excluding carboxylic acids is 1. The van der Waals surface area contributed by atoms with Gasteiger partial charge in [-0.25, -0.2) is 0 Å². The molecule has 0 saturated heterocycles. The molecule has 1 aliphatic heterocycles. The normalized spacial score (nSPS) is 14.1. The molecule has 11 heavy (non-hydrogen) atoms. The highest BCUT2D eigenvalue weighted by atomic mass is 16.1. The summed E-state index contributed by atoms with van der Waals surface area (Å²) in [4.78, 5) is 10.4. The summed E-state index contributed by atoms with van der Waals surface area (Å²) in [6.45, 7) is 2.07. The highest BCUT2D eigenvalue weighted by molar-refractivity contribution is 6.31. The zero-order valence-corrected chi connectivity index (χ0v) is 6.24. The summed E-state index contributed by atoms with van der Waals surface area (Å²) in [6.07, 6.45) is 2.27. The van der Waals surface area contributed by atoms with Gasteiger partial charge in [0.1, 0.15) is 0 Å². The lowest BCUT2D eigenvalue weighted by Crippen LogP contribution is -2.22. The van der Waals surface area contributed by atoms with E-state index in [9.17, 15) is 4.79 Å². The van der Waals surface area contributed by atoms with Gasteiger partial charge in [0.05, 0.1) is 11.9 Å². The number of hydrogen-bond donors (Lipinski definition) is 1. The van der Waals surface area contributed by atoms with Crippen LogP contribution in [0.2, 0.25) is 0 Å². The first-order chi connectivity index (χ1) is 5.29. The molecule has 5 nitrogen and oxygen atoms in total. The van der Waals surface area contributed by atoms with Crippen LogP contribution < -0.4 is 10.9 Å². The van der Waals surface area contributed by atoms with E-state index in [4.69, 9.17) is 0 Å². The fraction of sp³-hybridized carbons (Fsp3) is 0.500. The largest absolute Gasteiger partial charge is 0.356 e. The van der Waals surface area contributed by atoms with Crippen molar-refractivity contribution in [1.29, 1.82) is 0 Å². The van der Waals surface area contributed by atoms with Crippen LogP contribution in [0.25, 0.3) is 0 Å². The van der Waals surface area contributed by atoms with E-state index in [1.807, 2.05) is 0 Å². The highest BCUT2D eigenvalue weighted by Crippen LogP contribution is 1.88. The second kappa shape index (κ2) is 3.70. The first kappa shape index (κ1) is 7.71. The van der Waals surface area contributed by atoms with Crippen LogP contribution in [-0.2, 0) is 4.79 Å². The van der Waals surface area contributed by atoms with Crippen LogP contribution in [0, 0.1) is 0 Å². The Labute approximate surface area is 64.6 Å². The van der Waals surface area contributed by atoms with Gasteiger partial charge in [-0.05, 0) is 5.53 Å². The van der Waals surface area contributed by atoms with E-state index in [1.165, 1.54) is 6.92 Å². The Balaban J connectivity index is 2.12. The van der Waals surface area contributed by atoms with E-state index in [1.54, 1.807) is 6.21 Å². The molecule has 1 rings (SSSR count). The molecule has 0 saturated carbocycles. The van der Waals surface area contributed by atoms with E-state index in [2.05, 4.69) is 21.1 Å². The Morgan fingerprint density at radius 3 is 3.09 bits per heavy atom. The minimum Gasteiger partial charge on any atom is -0.356 e. The maximum atomic E-state index is 10.4. The van der Waals surface area contributed by atoms with Crippen molar-refractivity contribution < 1.29 is 4.79 Å². The van der Waals surface area contributed by atoms with Crippen molar-refractivity contribution in [2.75, 3.05) is 6.54 Å². The number of rotatable bonds is 3. The average Bonchev–Trinajstić information content (AvgIpc) is 2.39. The lowest BCUT2D eigenvalue weighted by atomic mass is 10.3. The topological polar surface area (TPSA) is 67.9 Å². The van der Waals surface area contributed by atoms with Gasteiger partial charge >= 0.3 is 0 Å². The number of nitrogens with one attached hydrogen (secondary N) is 1. The first-order valence-electron chi connectivity index (χ1n) is 3.33. The van der Waals surface area contributed by atoms with Crippen LogP contribution in [0.3, 0.4) is 0 Å². The molecule has 1 heterocycles. The zero-order valence-electron chi connectivity index (χ0n) is 6.24. The molecule has 1 N–H and O–H groups in total. The van der Waals surface area contributed by atoms with Crippen LogP contribution in [0.5, 0.6) is 0 Å². The van der Waals surface area contributed by atoms with Gasteiger partial charge in [-0.3, -0.25) is 4.79 Å². The van der Waals surface area contributed by atoms with Crippen molar-refractivity contribution in [3.63, 3.8) is 0 Å². The van der Waals surface area contributed by atoms with Crippen LogP contribution >= 0.6 is 0 Å². The second-order valence-corrected chi connectivity index (χ2v) is 2.16. The van der Waals surface area contributed by atoms with Gasteiger partial charge in [0.25, 0.3) is 0 Å². The lowest BCUT2D eigenvalue weighted by Gasteiger charge is -1.97. The summed E-state index contributed by atoms with van der Waals surface area (Å²) in [5.74, 6) is -0.0301. The SMILES string of the molecule is CC(=O)NCCC1=N[N]N=C1. The zero-order chi connectivity index (χ0) is 8.10. The van der Waals surface area contributed by atoms with Crippen LogP contribution in [0.15, 0.2) is 10.2 Å². The quantitative estimate of drug-likeness (QED) is 0.582. The third-order valence-corrected chi connectivity index (χ3v) is 1.19. The molecule has 0 aromatic carbocycles. The number of amides is 1. The molecule has 1 aliphatic rings. The Kier molecular flexibility index (Phi) is 2.59. The minimum atomic E-state index is -0.0301. The fourth-order valence-electron chi connectivity index (χ4n) is 0.683. The molecule has 0 aliphatic carbocycles. The van der Waals surface area contributed by atoms with E-state index in [-0.39, 0.29) is 5.91 Å². The monoisotopic (exact) mass is 153 g/mol. The predicted octanol–water partition coefficient (Wildman–Crippen LogP) is -0.528. The highest BCUT2D eigenvalue weighted by Gasteiger charge is 2.01. The summed E-state index contributed by atoms with van der Waals surface area (Å²) in [7, 11) is 0. The average molecular weight is 153 g/mol. The third kappa shape index (κ3) is 2.79. The molecule has 59 valence electrons. The number of hydrogen-bond acceptors (Lipinski definition) is 3. The third-order valence-electron chi connectivity index (χ3n) is 1.19. The predicted molar refractivity (Wildman–Crippen MR) is 41.4 cm³/mol. The summed E-state index contributed by atoms with van der Waals surface area (Å²) in [6, 6.07) is 0. The molecular weight excluding hydrogens is 144 g/mol. The van der Waals surface area contributed by atoms with Crippen LogP contribution in [-0.4, -0.2) is 24.4 Å². The Morgan fingerprint density at radius 1 is 1.73 bits per heavy atom. The van der Waals surface area contributed by atoms with Crippen molar-refractivity contribution in [3.05, 3.63) is 0 Å². The Hall–Kier alpha value is -1.39. The molecule has 0 aromatic rings. The molecule has 0 spiro atoms. The van der Waals surface area contributed by atoms with Gasteiger partial charge < -0.3 is 5.32 Å². The molecule has 0 fully saturated rings. The molecule has 0 aromatic heterocycles. The molecule has 0 atom stereocenters. The smallest absolute Gasteiger partial charge is 0.216 e. The molecule has 1 amide bonds. The van der Waals surface area contributed by atoms with Gasteiger partial charge in [-0.1, -0.05) is 0 Å². The van der Waals surface area contributed by atoms with Gasteiger partial charge in [-0.2, -0.15) is 0 Å². The summed E-state index contributed by atoms with van der Waals surface area (Å²) >= 11 is 0. The van der Waals surface area contributed by atoms with Crippen molar-refractivity contribution in [1.82, 2.24) is 10.9 Å². The van der Waals surface area contributed by atoms with Gasteiger partial charge in [0.2, 0.25) is 5.91 Å². The molecule has 1 radical (unpaired) electrons. The summed E-state index contributed by atoms with van der Waals surface area (Å²) < 4.78 is 0. The standard InChI is InChI=1S/C6H9N4O/c1-5(11)7-3-2-6-4-8-10-9-6/h4H,2-3H2,1H3,(H,7,11). The molecule has 5 heteroatoms. The van der Waals surface area contributed by atoms with Crippen molar-refractivity contribution in [2.45, 2.75) is 13.3 Å². The summed E-state index contributed by atoms with van der Waals surface area (Å²) in [5.41, 5.74) is 4.21. The maximum Gasteiger partial charge on any atom is 0.216 e. The Bertz CT molecular complexity index is 209. The minimum absolute atomic E-state index is 0.0301. The lowest BCUT2D eigenvalue weighted by molar-refractivity contribution is -0.118. The number of nitrogens with zero attached hydrogens (tertiary/aromatic N) is 3. The maximum absolute atomic E-state index is 10.4. The Morgan fingerprint density at radius 2 is 2.55 bits per heavy atom. The van der Waals surface area contributed by atoms with E-state index >= 15 is 0 Å². The van der Waals surface area contributed by atoms with Crippen molar-refractivity contribution >= 4 is 17.8 Å². The van der Waals surface area contributed by atoms with E-state index in [0.717, 1.165) is 5.71 Å². The molecule has 0 unspecified atom stereocenters. The van der Waals surface area contributed by atoms with E-state index in [0.29, 0.717) is 13.0 Å².